The fraction of sp³-hybridized carbons (Fsp3) is 0.500. The highest BCUT2D eigenvalue weighted by molar-refractivity contribution is 5.98. The maximum atomic E-state index is 11.9. The summed E-state index contributed by atoms with van der Waals surface area (Å²) in [5.74, 6) is -0.172. The van der Waals surface area contributed by atoms with Crippen LogP contribution in [0.25, 0.3) is 0 Å². The van der Waals surface area contributed by atoms with Gasteiger partial charge in [-0.1, -0.05) is 39.0 Å². The van der Waals surface area contributed by atoms with Gasteiger partial charge in [0.15, 0.2) is 0 Å². The smallest absolute Gasteiger partial charge is 0.243 e. The zero-order valence-electron chi connectivity index (χ0n) is 11.7. The topological polar surface area (TPSA) is 55.1 Å². The summed E-state index contributed by atoms with van der Waals surface area (Å²) in [6.45, 7) is 9.74. The Morgan fingerprint density at radius 3 is 2.06 bits per heavy atom. The van der Waals surface area contributed by atoms with Crippen LogP contribution in [0.15, 0.2) is 24.3 Å². The number of nitrogens with one attached hydrogen (secondary N) is 1. The number of amides is 1. The maximum absolute atomic E-state index is 11.9. The lowest BCUT2D eigenvalue weighted by Crippen LogP contribution is -2.45. The molecule has 102 valence electrons. The number of halogens is 1. The molecule has 1 aromatic rings. The molecule has 1 aromatic carbocycles. The van der Waals surface area contributed by atoms with Crippen molar-refractivity contribution in [3.05, 3.63) is 29.8 Å². The van der Waals surface area contributed by atoms with Gasteiger partial charge in [0, 0.05) is 5.69 Å². The molecule has 0 saturated carbocycles. The molecule has 3 nitrogen and oxygen atoms in total. The monoisotopic (exact) mass is 270 g/mol. The lowest BCUT2D eigenvalue weighted by Gasteiger charge is -2.25. The summed E-state index contributed by atoms with van der Waals surface area (Å²) in [4.78, 5) is 11.9. The highest BCUT2D eigenvalue weighted by atomic mass is 35.5. The van der Waals surface area contributed by atoms with Crippen LogP contribution in [0, 0.1) is 0 Å². The van der Waals surface area contributed by atoms with E-state index in [-0.39, 0.29) is 23.7 Å². The first kappa shape index (κ1) is 16.9. The van der Waals surface area contributed by atoms with Gasteiger partial charge in [0.2, 0.25) is 5.91 Å². The molecule has 0 aliphatic heterocycles. The molecule has 1 rings (SSSR count). The zero-order valence-corrected chi connectivity index (χ0v) is 12.5. The largest absolute Gasteiger partial charge is 0.324 e. The molecule has 0 atom stereocenters. The van der Waals surface area contributed by atoms with Crippen molar-refractivity contribution in [2.45, 2.75) is 45.6 Å². The molecule has 3 N–H and O–H groups in total. The van der Waals surface area contributed by atoms with Crippen LogP contribution >= 0.6 is 12.4 Å². The molecule has 0 fully saturated rings. The van der Waals surface area contributed by atoms with Gasteiger partial charge in [-0.25, -0.2) is 0 Å². The summed E-state index contributed by atoms with van der Waals surface area (Å²) in [6, 6.07) is 7.82. The fourth-order valence-electron chi connectivity index (χ4n) is 1.53. The van der Waals surface area contributed by atoms with Crippen LogP contribution in [-0.4, -0.2) is 11.4 Å². The molecule has 0 radical (unpaired) electrons. The molecule has 0 spiro atoms. The average Bonchev–Trinajstić information content (AvgIpc) is 2.15. The van der Waals surface area contributed by atoms with Crippen molar-refractivity contribution in [2.75, 3.05) is 5.32 Å². The Labute approximate surface area is 116 Å². The van der Waals surface area contributed by atoms with Crippen molar-refractivity contribution in [2.24, 2.45) is 5.73 Å². The third kappa shape index (κ3) is 4.31. The minimum absolute atomic E-state index is 0. The highest BCUT2D eigenvalue weighted by Gasteiger charge is 2.24. The molecule has 0 heterocycles. The Bertz CT molecular complexity index is 417. The molecule has 0 saturated heterocycles. The second-order valence-corrected chi connectivity index (χ2v) is 5.97. The first-order valence-corrected chi connectivity index (χ1v) is 5.82. The molecule has 0 unspecified atom stereocenters. The maximum Gasteiger partial charge on any atom is 0.243 e. The van der Waals surface area contributed by atoms with Gasteiger partial charge < -0.3 is 11.1 Å². The second kappa shape index (κ2) is 5.72. The Balaban J connectivity index is 0.00000289. The number of nitrogens with two attached hydrogens (primary N) is 1. The number of rotatable bonds is 2. The Kier molecular flexibility index (Phi) is 5.38. The molecule has 0 bridgehead atoms. The lowest BCUT2D eigenvalue weighted by atomic mass is 9.85. The number of benzene rings is 1. The second-order valence-electron chi connectivity index (χ2n) is 5.97. The predicted molar refractivity (Wildman–Crippen MR) is 79.3 cm³/mol. The van der Waals surface area contributed by atoms with E-state index in [4.69, 9.17) is 5.73 Å². The van der Waals surface area contributed by atoms with Gasteiger partial charge in [-0.15, -0.1) is 12.4 Å². The van der Waals surface area contributed by atoms with Crippen molar-refractivity contribution >= 4 is 24.0 Å². The Hall–Kier alpha value is -1.06. The molecule has 4 heteroatoms. The fourth-order valence-corrected chi connectivity index (χ4v) is 1.53. The zero-order chi connectivity index (χ0) is 13.3. The van der Waals surface area contributed by atoms with Gasteiger partial charge in [0.25, 0.3) is 0 Å². The van der Waals surface area contributed by atoms with Gasteiger partial charge in [0.05, 0.1) is 5.54 Å². The summed E-state index contributed by atoms with van der Waals surface area (Å²) < 4.78 is 0. The minimum atomic E-state index is -0.870. The third-order valence-corrected chi connectivity index (χ3v) is 2.57. The molecule has 1 amide bonds. The molecular weight excluding hydrogens is 248 g/mol. The molecule has 18 heavy (non-hydrogen) atoms. The molecule has 0 aliphatic rings. The normalized spacial score (nSPS) is 11.7. The van der Waals surface area contributed by atoms with Crippen molar-refractivity contribution in [3.63, 3.8) is 0 Å². The van der Waals surface area contributed by atoms with Crippen LogP contribution in [0.1, 0.15) is 40.2 Å². The van der Waals surface area contributed by atoms with E-state index in [2.05, 4.69) is 26.1 Å². The first-order chi connectivity index (χ1) is 7.62. The van der Waals surface area contributed by atoms with E-state index in [0.717, 1.165) is 11.3 Å². The molecular formula is C14H23ClN2O. The van der Waals surface area contributed by atoms with Crippen LogP contribution in [0.3, 0.4) is 0 Å². The standard InChI is InChI=1S/C14H22N2O.ClH/c1-13(2,3)10-8-6-7-9-11(10)16-12(17)14(4,5)15;/h6-9H,15H2,1-5H3,(H,16,17);1H. The quantitative estimate of drug-likeness (QED) is 0.868. The average molecular weight is 271 g/mol. The van der Waals surface area contributed by atoms with Gasteiger partial charge in [0.1, 0.15) is 0 Å². The van der Waals surface area contributed by atoms with Crippen LogP contribution in [-0.2, 0) is 10.2 Å². The highest BCUT2D eigenvalue weighted by Crippen LogP contribution is 2.29. The van der Waals surface area contributed by atoms with Crippen molar-refractivity contribution in [3.8, 4) is 0 Å². The number of para-hydroxylation sites is 1. The van der Waals surface area contributed by atoms with Gasteiger partial charge >= 0.3 is 0 Å². The SMILES string of the molecule is CC(C)(N)C(=O)Nc1ccccc1C(C)(C)C.Cl. The summed E-state index contributed by atoms with van der Waals surface area (Å²) >= 11 is 0. The number of hydrogen-bond acceptors (Lipinski definition) is 2. The van der Waals surface area contributed by atoms with Crippen molar-refractivity contribution in [1.82, 2.24) is 0 Å². The lowest BCUT2D eigenvalue weighted by molar-refractivity contribution is -0.120. The third-order valence-electron chi connectivity index (χ3n) is 2.57. The van der Waals surface area contributed by atoms with E-state index in [1.54, 1.807) is 13.8 Å². The van der Waals surface area contributed by atoms with Crippen molar-refractivity contribution in [1.29, 1.82) is 0 Å². The number of carbonyl (C=O) groups excluding carboxylic acids is 1. The van der Waals surface area contributed by atoms with E-state index < -0.39 is 5.54 Å². The van der Waals surface area contributed by atoms with Gasteiger partial charge in [-0.05, 0) is 30.9 Å². The number of anilines is 1. The summed E-state index contributed by atoms with van der Waals surface area (Å²) in [5.41, 5.74) is 6.84. The Morgan fingerprint density at radius 2 is 1.61 bits per heavy atom. The van der Waals surface area contributed by atoms with E-state index in [1.165, 1.54) is 0 Å². The summed E-state index contributed by atoms with van der Waals surface area (Å²) in [5, 5.41) is 2.89. The van der Waals surface area contributed by atoms with E-state index >= 15 is 0 Å². The van der Waals surface area contributed by atoms with Gasteiger partial charge in [-0.3, -0.25) is 4.79 Å². The number of hydrogen-bond donors (Lipinski definition) is 2. The van der Waals surface area contributed by atoms with Crippen molar-refractivity contribution < 1.29 is 4.79 Å². The van der Waals surface area contributed by atoms with Crippen LogP contribution in [0.2, 0.25) is 0 Å². The Morgan fingerprint density at radius 1 is 1.11 bits per heavy atom. The van der Waals surface area contributed by atoms with E-state index in [9.17, 15) is 4.79 Å². The predicted octanol–water partition coefficient (Wildman–Crippen LogP) is 3.08. The first-order valence-electron chi connectivity index (χ1n) is 5.82. The summed E-state index contributed by atoms with van der Waals surface area (Å²) in [7, 11) is 0. The number of carbonyl (C=O) groups is 1. The minimum Gasteiger partial charge on any atom is -0.324 e. The van der Waals surface area contributed by atoms with E-state index in [0.29, 0.717) is 0 Å². The summed E-state index contributed by atoms with van der Waals surface area (Å²) in [6.07, 6.45) is 0. The van der Waals surface area contributed by atoms with Gasteiger partial charge in [-0.2, -0.15) is 0 Å². The molecule has 0 aromatic heterocycles. The van der Waals surface area contributed by atoms with Crippen LogP contribution in [0.4, 0.5) is 5.69 Å². The van der Waals surface area contributed by atoms with Crippen LogP contribution in [0.5, 0.6) is 0 Å². The van der Waals surface area contributed by atoms with Crippen LogP contribution < -0.4 is 11.1 Å². The molecule has 0 aliphatic carbocycles. The van der Waals surface area contributed by atoms with E-state index in [1.807, 2.05) is 24.3 Å².